The number of para-hydroxylation sites is 1. The molecule has 0 radical (unpaired) electrons. The number of fused-ring (bicyclic) bond motifs is 1. The highest BCUT2D eigenvalue weighted by atomic mass is 32.2. The van der Waals surface area contributed by atoms with Crippen LogP contribution in [0, 0.1) is 0 Å². The number of nitrogens with zero attached hydrogens (tertiary/aromatic N) is 6. The number of thioether (sulfide) groups is 1. The fourth-order valence-electron chi connectivity index (χ4n) is 6.02. The molecule has 1 aliphatic rings. The van der Waals surface area contributed by atoms with Crippen molar-refractivity contribution in [2.75, 3.05) is 18.8 Å². The zero-order valence-corrected chi connectivity index (χ0v) is 29.5. The van der Waals surface area contributed by atoms with Gasteiger partial charge in [-0.05, 0) is 54.6 Å². The molecule has 1 unspecified atom stereocenters. The van der Waals surface area contributed by atoms with Crippen LogP contribution >= 0.6 is 11.8 Å². The third-order valence-electron chi connectivity index (χ3n) is 8.57. The minimum absolute atomic E-state index is 0.00667. The van der Waals surface area contributed by atoms with Crippen molar-refractivity contribution < 1.29 is 35.2 Å². The van der Waals surface area contributed by atoms with E-state index in [4.69, 9.17) is 8.83 Å². The van der Waals surface area contributed by atoms with Gasteiger partial charge in [-0.15, -0.1) is 10.2 Å². The summed E-state index contributed by atoms with van der Waals surface area (Å²) >= 11 is 0.955. The van der Waals surface area contributed by atoms with Crippen molar-refractivity contribution >= 4 is 44.4 Å². The molecule has 3 aromatic heterocycles. The molecule has 11 nitrogen and oxygen atoms in total. The summed E-state index contributed by atoms with van der Waals surface area (Å²) in [5.41, 5.74) is 0.691. The summed E-state index contributed by atoms with van der Waals surface area (Å²) < 4.78 is 82.7. The van der Waals surface area contributed by atoms with Crippen molar-refractivity contribution in [1.82, 2.24) is 24.1 Å². The van der Waals surface area contributed by atoms with Gasteiger partial charge in [-0.1, -0.05) is 62.0 Å². The van der Waals surface area contributed by atoms with Gasteiger partial charge in [-0.25, -0.2) is 13.4 Å². The molecule has 0 bridgehead atoms. The van der Waals surface area contributed by atoms with Gasteiger partial charge in [0.25, 0.3) is 5.91 Å². The molecule has 0 aliphatic carbocycles. The average Bonchev–Trinajstić information content (AvgIpc) is 3.96. The Labute approximate surface area is 300 Å². The number of benzene rings is 3. The Kier molecular flexibility index (Phi) is 9.54. The number of hydrogen-bond acceptors (Lipinski definition) is 9. The molecule has 16 heteroatoms. The fraction of sp³-hybridized carbons (Fsp3) is 0.222. The van der Waals surface area contributed by atoms with E-state index < -0.39 is 33.7 Å². The zero-order chi connectivity index (χ0) is 36.6. The van der Waals surface area contributed by atoms with E-state index in [1.807, 2.05) is 30.3 Å². The standard InChI is InChI=1S/C36H31F3N6O5S2/c1-3-43(4-2)52(47,48)27-14-7-11-24(18-27)34-40-41-35(44(34)26-13-8-12-25(20-26)36(37,38)39)51-22-33(46)45-29(31-16-9-17-49-31)21-28(42-45)32-19-23-10-5-6-15-30(23)50-32/h5-20,29H,3-4,21-22H2,1-2H3. The topological polar surface area (TPSA) is 127 Å². The third kappa shape index (κ3) is 6.76. The van der Waals surface area contributed by atoms with Gasteiger partial charge >= 0.3 is 6.18 Å². The predicted octanol–water partition coefficient (Wildman–Crippen LogP) is 7.79. The van der Waals surface area contributed by atoms with Crippen LogP contribution in [0.2, 0.25) is 0 Å². The van der Waals surface area contributed by atoms with Gasteiger partial charge in [0.1, 0.15) is 23.1 Å². The lowest BCUT2D eigenvalue weighted by molar-refractivity contribution is -0.137. The molecule has 268 valence electrons. The maximum absolute atomic E-state index is 13.9. The Morgan fingerprint density at radius 3 is 2.48 bits per heavy atom. The van der Waals surface area contributed by atoms with Crippen LogP contribution in [0.15, 0.2) is 121 Å². The van der Waals surface area contributed by atoms with E-state index in [1.165, 1.54) is 50.5 Å². The lowest BCUT2D eigenvalue weighted by atomic mass is 10.1. The Bertz CT molecular complexity index is 2350. The van der Waals surface area contributed by atoms with E-state index in [1.54, 1.807) is 32.0 Å². The van der Waals surface area contributed by atoms with Gasteiger partial charge in [0.15, 0.2) is 16.7 Å². The molecule has 0 saturated heterocycles. The number of rotatable bonds is 11. The predicted molar refractivity (Wildman–Crippen MR) is 188 cm³/mol. The summed E-state index contributed by atoms with van der Waals surface area (Å²) in [7, 11) is -3.87. The normalized spacial score (nSPS) is 15.2. The second-order valence-electron chi connectivity index (χ2n) is 11.8. The Hall–Kier alpha value is -5.19. The van der Waals surface area contributed by atoms with Crippen LogP contribution in [0.25, 0.3) is 28.0 Å². The molecule has 1 aliphatic heterocycles. The summed E-state index contributed by atoms with van der Waals surface area (Å²) in [6.45, 7) is 3.95. The first-order chi connectivity index (χ1) is 25.0. The van der Waals surface area contributed by atoms with E-state index in [9.17, 15) is 26.4 Å². The summed E-state index contributed by atoms with van der Waals surface area (Å²) in [5, 5.41) is 15.5. The van der Waals surface area contributed by atoms with Crippen molar-refractivity contribution in [1.29, 1.82) is 0 Å². The van der Waals surface area contributed by atoms with E-state index in [0.29, 0.717) is 34.8 Å². The van der Waals surface area contributed by atoms with Crippen LogP contribution in [0.3, 0.4) is 0 Å². The van der Waals surface area contributed by atoms with Crippen molar-refractivity contribution in [2.45, 2.75) is 42.5 Å². The maximum atomic E-state index is 13.9. The zero-order valence-electron chi connectivity index (χ0n) is 27.8. The highest BCUT2D eigenvalue weighted by molar-refractivity contribution is 7.99. The van der Waals surface area contributed by atoms with Gasteiger partial charge in [0, 0.05) is 30.5 Å². The lowest BCUT2D eigenvalue weighted by Crippen LogP contribution is -2.30. The second-order valence-corrected chi connectivity index (χ2v) is 14.6. The van der Waals surface area contributed by atoms with Gasteiger partial charge in [0.2, 0.25) is 10.0 Å². The van der Waals surface area contributed by atoms with E-state index in [-0.39, 0.29) is 40.4 Å². The third-order valence-corrected chi connectivity index (χ3v) is 11.5. The molecule has 7 rings (SSSR count). The number of halogens is 3. The Balaban J connectivity index is 1.24. The minimum atomic E-state index is -4.64. The van der Waals surface area contributed by atoms with Gasteiger partial charge < -0.3 is 8.83 Å². The molecule has 1 atom stereocenters. The molecule has 52 heavy (non-hydrogen) atoms. The van der Waals surface area contributed by atoms with E-state index in [0.717, 1.165) is 29.3 Å². The average molecular weight is 749 g/mol. The van der Waals surface area contributed by atoms with Gasteiger partial charge in [-0.2, -0.15) is 22.6 Å². The first kappa shape index (κ1) is 35.2. The lowest BCUT2D eigenvalue weighted by Gasteiger charge is -2.20. The smallest absolute Gasteiger partial charge is 0.416 e. The maximum Gasteiger partial charge on any atom is 0.416 e. The van der Waals surface area contributed by atoms with Crippen LogP contribution in [-0.2, 0) is 21.0 Å². The van der Waals surface area contributed by atoms with Crippen LogP contribution in [0.4, 0.5) is 13.2 Å². The van der Waals surface area contributed by atoms with Crippen molar-refractivity contribution in [3.8, 4) is 17.1 Å². The van der Waals surface area contributed by atoms with Crippen molar-refractivity contribution in [2.24, 2.45) is 5.10 Å². The molecule has 6 aromatic rings. The highest BCUT2D eigenvalue weighted by Gasteiger charge is 2.37. The van der Waals surface area contributed by atoms with Crippen LogP contribution in [-0.4, -0.2) is 63.0 Å². The second kappa shape index (κ2) is 14.1. The number of carbonyl (C=O) groups excluding carboxylic acids is 1. The SMILES string of the molecule is CCN(CC)S(=O)(=O)c1cccc(-c2nnc(SCC(=O)N3N=C(c4cc5ccccc5o4)CC3c3ccco3)n2-c2cccc(C(F)(F)F)c2)c1. The fourth-order valence-corrected chi connectivity index (χ4v) is 8.33. The highest BCUT2D eigenvalue weighted by Crippen LogP contribution is 2.37. The number of furan rings is 2. The Morgan fingerprint density at radius 2 is 1.75 bits per heavy atom. The van der Waals surface area contributed by atoms with Gasteiger partial charge in [0.05, 0.1) is 28.2 Å². The summed E-state index contributed by atoms with van der Waals surface area (Å²) in [4.78, 5) is 13.9. The van der Waals surface area contributed by atoms with Gasteiger partial charge in [-0.3, -0.25) is 9.36 Å². The molecule has 0 N–H and O–H groups in total. The number of aromatic nitrogens is 3. The summed E-state index contributed by atoms with van der Waals surface area (Å²) in [6.07, 6.45) is -2.81. The first-order valence-electron chi connectivity index (χ1n) is 16.3. The number of carbonyl (C=O) groups is 1. The molecule has 0 saturated carbocycles. The van der Waals surface area contributed by atoms with Crippen LogP contribution in [0.1, 0.15) is 43.4 Å². The molecule has 1 amide bonds. The molecule has 0 spiro atoms. The molecule has 0 fully saturated rings. The number of alkyl halides is 3. The number of hydrogen-bond donors (Lipinski definition) is 0. The van der Waals surface area contributed by atoms with E-state index >= 15 is 0 Å². The molecular weight excluding hydrogens is 718 g/mol. The summed E-state index contributed by atoms with van der Waals surface area (Å²) in [5.74, 6) is 0.472. The number of sulfonamides is 1. The quantitative estimate of drug-likeness (QED) is 0.123. The molecule has 3 aromatic carbocycles. The number of amides is 1. The van der Waals surface area contributed by atoms with Crippen LogP contribution < -0.4 is 0 Å². The number of hydrazone groups is 1. The van der Waals surface area contributed by atoms with E-state index in [2.05, 4.69) is 15.3 Å². The van der Waals surface area contributed by atoms with Crippen molar-refractivity contribution in [3.05, 3.63) is 114 Å². The molecular formula is C36H31F3N6O5S2. The minimum Gasteiger partial charge on any atom is -0.467 e. The Morgan fingerprint density at radius 1 is 0.962 bits per heavy atom. The molecule has 4 heterocycles. The van der Waals surface area contributed by atoms with Crippen molar-refractivity contribution in [3.63, 3.8) is 0 Å². The first-order valence-corrected chi connectivity index (χ1v) is 18.7. The largest absolute Gasteiger partial charge is 0.467 e. The summed E-state index contributed by atoms with van der Waals surface area (Å²) in [6, 6.07) is 22.9. The monoisotopic (exact) mass is 748 g/mol. The van der Waals surface area contributed by atoms with Crippen LogP contribution in [0.5, 0.6) is 0 Å².